The Morgan fingerprint density at radius 1 is 1.36 bits per heavy atom. The van der Waals surface area contributed by atoms with Crippen LogP contribution in [0.2, 0.25) is 0 Å². The van der Waals surface area contributed by atoms with Crippen molar-refractivity contribution in [3.8, 4) is 11.5 Å². The Kier molecular flexibility index (Phi) is 3.77. The number of carboxylic acid groups (broad SMARTS) is 1. The third-order valence-electron chi connectivity index (χ3n) is 4.29. The molecule has 0 amide bonds. The van der Waals surface area contributed by atoms with Crippen LogP contribution >= 0.6 is 15.9 Å². The number of aliphatic carboxylic acids is 1. The van der Waals surface area contributed by atoms with Crippen LogP contribution in [0.1, 0.15) is 31.7 Å². The molecule has 0 spiro atoms. The summed E-state index contributed by atoms with van der Waals surface area (Å²) in [6.07, 6.45) is 2.02. The van der Waals surface area contributed by atoms with Crippen LogP contribution in [0.3, 0.4) is 0 Å². The van der Waals surface area contributed by atoms with Crippen molar-refractivity contribution >= 4 is 32.7 Å². The quantitative estimate of drug-likeness (QED) is 0.853. The number of hydrogen-bond donors (Lipinski definition) is 2. The van der Waals surface area contributed by atoms with E-state index in [4.69, 9.17) is 9.84 Å². The monoisotopic (exact) mass is 364 g/mol. The Hall–Kier alpha value is -1.75. The first-order valence-corrected chi connectivity index (χ1v) is 8.03. The number of aromatic hydroxyl groups is 1. The molecule has 1 unspecified atom stereocenters. The van der Waals surface area contributed by atoms with Crippen molar-refractivity contribution < 1.29 is 19.7 Å². The van der Waals surface area contributed by atoms with Gasteiger partial charge in [0.25, 0.3) is 0 Å². The highest BCUT2D eigenvalue weighted by Crippen LogP contribution is 2.48. The number of fused-ring (bicyclic) bond motifs is 3. The van der Waals surface area contributed by atoms with Crippen molar-refractivity contribution in [1.29, 1.82) is 0 Å². The number of hydrogen-bond acceptors (Lipinski definition) is 3. The van der Waals surface area contributed by atoms with Gasteiger partial charge in [0.1, 0.15) is 17.1 Å². The second-order valence-electron chi connectivity index (χ2n) is 5.96. The van der Waals surface area contributed by atoms with Gasteiger partial charge < -0.3 is 14.9 Å². The molecule has 22 heavy (non-hydrogen) atoms. The highest BCUT2D eigenvalue weighted by molar-refractivity contribution is 9.10. The molecule has 0 aliphatic carbocycles. The van der Waals surface area contributed by atoms with Gasteiger partial charge in [-0.2, -0.15) is 0 Å². The standard InChI is InChI=1S/C17H17BrO4/c1-17(9-7-13(19)20)8-6-12-14(18)15(21)10-4-2-3-5-11(10)16(12)22-17/h2-5,21H,6-9H2,1H3,(H,19,20). The lowest BCUT2D eigenvalue weighted by Gasteiger charge is -2.37. The minimum absolute atomic E-state index is 0.0863. The molecule has 1 heterocycles. The van der Waals surface area contributed by atoms with E-state index in [-0.39, 0.29) is 12.2 Å². The number of phenolic OH excluding ortho intramolecular Hbond substituents is 1. The van der Waals surface area contributed by atoms with Gasteiger partial charge in [0.2, 0.25) is 0 Å². The highest BCUT2D eigenvalue weighted by Gasteiger charge is 2.34. The fourth-order valence-corrected chi connectivity index (χ4v) is 3.58. The molecule has 0 fully saturated rings. The number of carbonyl (C=O) groups is 1. The fraction of sp³-hybridized carbons (Fsp3) is 0.353. The summed E-state index contributed by atoms with van der Waals surface area (Å²) in [5.41, 5.74) is 0.453. The lowest BCUT2D eigenvalue weighted by molar-refractivity contribution is -0.138. The molecule has 1 aliphatic rings. The predicted octanol–water partition coefficient (Wildman–Crippen LogP) is 4.26. The second kappa shape index (κ2) is 5.47. The molecule has 2 aromatic carbocycles. The van der Waals surface area contributed by atoms with Crippen molar-refractivity contribution in [2.45, 2.75) is 38.2 Å². The summed E-state index contributed by atoms with van der Waals surface area (Å²) < 4.78 is 6.88. The first kappa shape index (κ1) is 15.2. The largest absolute Gasteiger partial charge is 0.506 e. The minimum Gasteiger partial charge on any atom is -0.506 e. The van der Waals surface area contributed by atoms with Crippen LogP contribution in [0.25, 0.3) is 10.8 Å². The summed E-state index contributed by atoms with van der Waals surface area (Å²) in [5.74, 6) is 0.166. The molecule has 0 radical (unpaired) electrons. The smallest absolute Gasteiger partial charge is 0.303 e. The van der Waals surface area contributed by atoms with Crippen LogP contribution in [-0.4, -0.2) is 21.8 Å². The van der Waals surface area contributed by atoms with E-state index in [1.165, 1.54) is 0 Å². The Morgan fingerprint density at radius 3 is 2.73 bits per heavy atom. The summed E-state index contributed by atoms with van der Waals surface area (Å²) in [6, 6.07) is 7.54. The predicted molar refractivity (Wildman–Crippen MR) is 87.5 cm³/mol. The Labute approximate surface area is 136 Å². The van der Waals surface area contributed by atoms with Gasteiger partial charge in [-0.15, -0.1) is 0 Å². The summed E-state index contributed by atoms with van der Waals surface area (Å²) in [7, 11) is 0. The van der Waals surface area contributed by atoms with E-state index in [1.54, 1.807) is 0 Å². The third-order valence-corrected chi connectivity index (χ3v) is 5.15. The van der Waals surface area contributed by atoms with Gasteiger partial charge in [0.05, 0.1) is 4.47 Å². The first-order valence-electron chi connectivity index (χ1n) is 7.24. The summed E-state index contributed by atoms with van der Waals surface area (Å²) in [4.78, 5) is 10.8. The van der Waals surface area contributed by atoms with Gasteiger partial charge in [0.15, 0.2) is 0 Å². The zero-order chi connectivity index (χ0) is 15.9. The lowest BCUT2D eigenvalue weighted by atomic mass is 9.87. The Balaban J connectivity index is 2.08. The van der Waals surface area contributed by atoms with E-state index in [0.29, 0.717) is 10.9 Å². The lowest BCUT2D eigenvalue weighted by Crippen LogP contribution is -2.37. The average molecular weight is 365 g/mol. The number of halogens is 1. The van der Waals surface area contributed by atoms with E-state index in [2.05, 4.69) is 15.9 Å². The molecule has 116 valence electrons. The van der Waals surface area contributed by atoms with E-state index in [1.807, 2.05) is 31.2 Å². The maximum Gasteiger partial charge on any atom is 0.303 e. The first-order chi connectivity index (χ1) is 10.4. The summed E-state index contributed by atoms with van der Waals surface area (Å²) >= 11 is 3.46. The maximum absolute atomic E-state index is 10.8. The zero-order valence-corrected chi connectivity index (χ0v) is 13.8. The molecule has 3 rings (SSSR count). The van der Waals surface area contributed by atoms with Crippen LogP contribution in [0, 0.1) is 0 Å². The molecule has 0 saturated heterocycles. The number of benzene rings is 2. The van der Waals surface area contributed by atoms with Crippen LogP contribution in [0.4, 0.5) is 0 Å². The highest BCUT2D eigenvalue weighted by atomic mass is 79.9. The number of phenols is 1. The summed E-state index contributed by atoms with van der Waals surface area (Å²) in [6.45, 7) is 1.95. The maximum atomic E-state index is 10.8. The topological polar surface area (TPSA) is 66.8 Å². The van der Waals surface area contributed by atoms with Gasteiger partial charge in [-0.25, -0.2) is 0 Å². The minimum atomic E-state index is -0.813. The Bertz CT molecular complexity index is 756. The van der Waals surface area contributed by atoms with Crippen LogP contribution in [0.15, 0.2) is 28.7 Å². The third kappa shape index (κ3) is 2.54. The van der Waals surface area contributed by atoms with E-state index in [9.17, 15) is 9.90 Å². The SMILES string of the molecule is CC1(CCC(=O)O)CCc2c(Br)c(O)c3ccccc3c2O1. The normalized spacial score (nSPS) is 20.5. The van der Waals surface area contributed by atoms with Crippen LogP contribution in [-0.2, 0) is 11.2 Å². The molecule has 0 bridgehead atoms. The molecule has 5 heteroatoms. The van der Waals surface area contributed by atoms with Gasteiger partial charge in [-0.3, -0.25) is 4.79 Å². The second-order valence-corrected chi connectivity index (χ2v) is 6.75. The molecule has 1 atom stereocenters. The summed E-state index contributed by atoms with van der Waals surface area (Å²) in [5, 5.41) is 20.8. The Morgan fingerprint density at radius 2 is 2.05 bits per heavy atom. The molecule has 0 aromatic heterocycles. The molecule has 2 N–H and O–H groups in total. The molecular formula is C17H17BrO4. The van der Waals surface area contributed by atoms with E-state index < -0.39 is 11.6 Å². The van der Waals surface area contributed by atoms with Crippen molar-refractivity contribution in [2.24, 2.45) is 0 Å². The molecular weight excluding hydrogens is 348 g/mol. The van der Waals surface area contributed by atoms with Crippen LogP contribution in [0.5, 0.6) is 11.5 Å². The van der Waals surface area contributed by atoms with E-state index >= 15 is 0 Å². The average Bonchev–Trinajstić information content (AvgIpc) is 2.51. The van der Waals surface area contributed by atoms with Crippen molar-refractivity contribution in [2.75, 3.05) is 0 Å². The van der Waals surface area contributed by atoms with Crippen molar-refractivity contribution in [1.82, 2.24) is 0 Å². The zero-order valence-electron chi connectivity index (χ0n) is 12.2. The van der Waals surface area contributed by atoms with Gasteiger partial charge in [0, 0.05) is 22.8 Å². The van der Waals surface area contributed by atoms with Gasteiger partial charge >= 0.3 is 5.97 Å². The van der Waals surface area contributed by atoms with Gasteiger partial charge in [-0.1, -0.05) is 24.3 Å². The number of rotatable bonds is 3. The molecule has 0 saturated carbocycles. The molecule has 2 aromatic rings. The van der Waals surface area contributed by atoms with E-state index in [0.717, 1.165) is 34.9 Å². The fourth-order valence-electron chi connectivity index (χ4n) is 2.99. The van der Waals surface area contributed by atoms with Crippen molar-refractivity contribution in [3.05, 3.63) is 34.3 Å². The molecule has 4 nitrogen and oxygen atoms in total. The van der Waals surface area contributed by atoms with Crippen molar-refractivity contribution in [3.63, 3.8) is 0 Å². The van der Waals surface area contributed by atoms with Crippen LogP contribution < -0.4 is 4.74 Å². The molecule has 1 aliphatic heterocycles. The number of carboxylic acids is 1. The van der Waals surface area contributed by atoms with Gasteiger partial charge in [-0.05, 0) is 42.1 Å². The number of ether oxygens (including phenoxy) is 1.